The zero-order chi connectivity index (χ0) is 12.1. The number of halogens is 1. The van der Waals surface area contributed by atoms with E-state index >= 15 is 0 Å². The molecule has 0 N–H and O–H groups in total. The van der Waals surface area contributed by atoms with Gasteiger partial charge in [0.1, 0.15) is 0 Å². The highest BCUT2D eigenvalue weighted by Gasteiger charge is 2.12. The van der Waals surface area contributed by atoms with Gasteiger partial charge in [-0.05, 0) is 35.3 Å². The van der Waals surface area contributed by atoms with Gasteiger partial charge in [0, 0.05) is 5.88 Å². The van der Waals surface area contributed by atoms with Gasteiger partial charge in [-0.2, -0.15) is 0 Å². The molecule has 1 aromatic carbocycles. The van der Waals surface area contributed by atoms with Crippen LogP contribution in [0.2, 0.25) is 0 Å². The van der Waals surface area contributed by atoms with Crippen molar-refractivity contribution in [1.82, 2.24) is 0 Å². The summed E-state index contributed by atoms with van der Waals surface area (Å²) in [6.45, 7) is 8.95. The van der Waals surface area contributed by atoms with E-state index in [9.17, 15) is 0 Å². The molecule has 0 radical (unpaired) electrons. The zero-order valence-electron chi connectivity index (χ0n) is 10.8. The summed E-state index contributed by atoms with van der Waals surface area (Å²) in [5.41, 5.74) is 2.79. The average Bonchev–Trinajstić information content (AvgIpc) is 2.25. The third kappa shape index (κ3) is 3.83. The summed E-state index contributed by atoms with van der Waals surface area (Å²) in [7, 11) is 0. The highest BCUT2D eigenvalue weighted by Crippen LogP contribution is 2.26. The van der Waals surface area contributed by atoms with Crippen molar-refractivity contribution in [2.24, 2.45) is 5.92 Å². The SMILES string of the molecule is CC(C)CC(CCl)c1ccc(C(C)C)cc1. The number of benzene rings is 1. The number of alkyl halides is 1. The maximum atomic E-state index is 6.05. The van der Waals surface area contributed by atoms with E-state index in [-0.39, 0.29) is 0 Å². The van der Waals surface area contributed by atoms with Crippen LogP contribution >= 0.6 is 11.6 Å². The van der Waals surface area contributed by atoms with Gasteiger partial charge < -0.3 is 0 Å². The van der Waals surface area contributed by atoms with E-state index in [1.165, 1.54) is 17.5 Å². The second kappa shape index (κ2) is 6.30. The highest BCUT2D eigenvalue weighted by atomic mass is 35.5. The van der Waals surface area contributed by atoms with Crippen molar-refractivity contribution < 1.29 is 0 Å². The Bertz CT molecular complexity index is 298. The predicted octanol–water partition coefficient (Wildman–Crippen LogP) is 5.18. The number of rotatable bonds is 5. The fraction of sp³-hybridized carbons (Fsp3) is 0.600. The lowest BCUT2D eigenvalue weighted by atomic mass is 9.90. The molecule has 1 aromatic rings. The quantitative estimate of drug-likeness (QED) is 0.621. The smallest absolute Gasteiger partial charge is 0.0292 e. The van der Waals surface area contributed by atoms with Gasteiger partial charge in [-0.25, -0.2) is 0 Å². The van der Waals surface area contributed by atoms with Crippen molar-refractivity contribution in [3.8, 4) is 0 Å². The maximum Gasteiger partial charge on any atom is 0.0292 e. The van der Waals surface area contributed by atoms with Crippen molar-refractivity contribution >= 4 is 11.6 Å². The molecule has 0 aromatic heterocycles. The van der Waals surface area contributed by atoms with Gasteiger partial charge in [0.25, 0.3) is 0 Å². The van der Waals surface area contributed by atoms with Crippen LogP contribution in [0.4, 0.5) is 0 Å². The summed E-state index contributed by atoms with van der Waals surface area (Å²) in [5, 5.41) is 0. The molecule has 0 spiro atoms. The van der Waals surface area contributed by atoms with E-state index in [1.54, 1.807) is 0 Å². The lowest BCUT2D eigenvalue weighted by molar-refractivity contribution is 0.526. The molecule has 0 bridgehead atoms. The van der Waals surface area contributed by atoms with E-state index < -0.39 is 0 Å². The van der Waals surface area contributed by atoms with Gasteiger partial charge in [0.05, 0.1) is 0 Å². The van der Waals surface area contributed by atoms with Crippen LogP contribution < -0.4 is 0 Å². The van der Waals surface area contributed by atoms with Crippen LogP contribution in [0.1, 0.15) is 57.1 Å². The van der Waals surface area contributed by atoms with Gasteiger partial charge in [-0.15, -0.1) is 11.6 Å². The molecule has 1 atom stereocenters. The summed E-state index contributed by atoms with van der Waals surface area (Å²) < 4.78 is 0. The molecule has 0 aliphatic heterocycles. The van der Waals surface area contributed by atoms with E-state index in [0.717, 1.165) is 5.88 Å². The minimum Gasteiger partial charge on any atom is -0.126 e. The van der Waals surface area contributed by atoms with E-state index in [0.29, 0.717) is 17.8 Å². The van der Waals surface area contributed by atoms with Crippen molar-refractivity contribution in [3.63, 3.8) is 0 Å². The Morgan fingerprint density at radius 1 is 0.938 bits per heavy atom. The minimum atomic E-state index is 0.503. The molecule has 0 heterocycles. The van der Waals surface area contributed by atoms with Crippen LogP contribution in [-0.2, 0) is 0 Å². The van der Waals surface area contributed by atoms with Crippen LogP contribution in [0, 0.1) is 5.92 Å². The Labute approximate surface area is 105 Å². The molecular formula is C15H23Cl. The van der Waals surface area contributed by atoms with Gasteiger partial charge in [0.15, 0.2) is 0 Å². The summed E-state index contributed by atoms with van der Waals surface area (Å²) >= 11 is 6.05. The first-order chi connectivity index (χ1) is 7.54. The number of hydrogen-bond donors (Lipinski definition) is 0. The summed E-state index contributed by atoms with van der Waals surface area (Å²) in [6, 6.07) is 8.95. The molecule has 1 rings (SSSR count). The second-order valence-corrected chi connectivity index (χ2v) is 5.61. The molecule has 0 aliphatic rings. The molecule has 16 heavy (non-hydrogen) atoms. The molecule has 0 nitrogen and oxygen atoms in total. The lowest BCUT2D eigenvalue weighted by Crippen LogP contribution is -2.04. The first-order valence-electron chi connectivity index (χ1n) is 6.20. The predicted molar refractivity (Wildman–Crippen MR) is 73.4 cm³/mol. The van der Waals surface area contributed by atoms with Crippen molar-refractivity contribution in [2.45, 2.75) is 46.0 Å². The van der Waals surface area contributed by atoms with Crippen LogP contribution in [0.5, 0.6) is 0 Å². The molecule has 1 heteroatoms. The summed E-state index contributed by atoms with van der Waals surface area (Å²) in [6.07, 6.45) is 1.17. The third-order valence-electron chi connectivity index (χ3n) is 3.02. The van der Waals surface area contributed by atoms with Gasteiger partial charge in [-0.3, -0.25) is 0 Å². The maximum absolute atomic E-state index is 6.05. The Balaban J connectivity index is 2.78. The fourth-order valence-corrected chi connectivity index (χ4v) is 2.31. The Morgan fingerprint density at radius 2 is 1.44 bits per heavy atom. The third-order valence-corrected chi connectivity index (χ3v) is 3.39. The van der Waals surface area contributed by atoms with Gasteiger partial charge >= 0.3 is 0 Å². The topological polar surface area (TPSA) is 0 Å². The Hall–Kier alpha value is -0.490. The first-order valence-corrected chi connectivity index (χ1v) is 6.73. The van der Waals surface area contributed by atoms with Crippen LogP contribution in [0.3, 0.4) is 0 Å². The minimum absolute atomic E-state index is 0.503. The van der Waals surface area contributed by atoms with Crippen molar-refractivity contribution in [1.29, 1.82) is 0 Å². The monoisotopic (exact) mass is 238 g/mol. The van der Waals surface area contributed by atoms with Gasteiger partial charge in [0.2, 0.25) is 0 Å². The Morgan fingerprint density at radius 3 is 1.81 bits per heavy atom. The largest absolute Gasteiger partial charge is 0.126 e. The van der Waals surface area contributed by atoms with Crippen LogP contribution in [-0.4, -0.2) is 5.88 Å². The van der Waals surface area contributed by atoms with Crippen molar-refractivity contribution in [3.05, 3.63) is 35.4 Å². The zero-order valence-corrected chi connectivity index (χ0v) is 11.6. The molecule has 1 unspecified atom stereocenters. The highest BCUT2D eigenvalue weighted by molar-refractivity contribution is 6.18. The lowest BCUT2D eigenvalue weighted by Gasteiger charge is -2.17. The molecule has 0 saturated heterocycles. The van der Waals surface area contributed by atoms with E-state index in [4.69, 9.17) is 11.6 Å². The van der Waals surface area contributed by atoms with E-state index in [2.05, 4.69) is 52.0 Å². The Kier molecular flexibility index (Phi) is 5.34. The summed E-state index contributed by atoms with van der Waals surface area (Å²) in [5.74, 6) is 2.53. The van der Waals surface area contributed by atoms with Crippen LogP contribution in [0.25, 0.3) is 0 Å². The molecule has 0 aliphatic carbocycles. The normalized spacial score (nSPS) is 13.4. The summed E-state index contributed by atoms with van der Waals surface area (Å²) in [4.78, 5) is 0. The fourth-order valence-electron chi connectivity index (χ4n) is 2.01. The van der Waals surface area contributed by atoms with Crippen LogP contribution in [0.15, 0.2) is 24.3 Å². The molecule has 0 saturated carbocycles. The first kappa shape index (κ1) is 13.6. The second-order valence-electron chi connectivity index (χ2n) is 5.30. The number of hydrogen-bond acceptors (Lipinski definition) is 0. The molecule has 0 amide bonds. The van der Waals surface area contributed by atoms with E-state index in [1.807, 2.05) is 0 Å². The van der Waals surface area contributed by atoms with Crippen molar-refractivity contribution in [2.75, 3.05) is 5.88 Å². The average molecular weight is 239 g/mol. The molecule has 0 fully saturated rings. The van der Waals surface area contributed by atoms with Gasteiger partial charge in [-0.1, -0.05) is 52.0 Å². The molecule has 90 valence electrons. The standard InChI is InChI=1S/C15H23Cl/c1-11(2)9-15(10-16)14-7-5-13(6-8-14)12(3)4/h5-8,11-12,15H,9-10H2,1-4H3. The molecular weight excluding hydrogens is 216 g/mol.